The molecule has 6 nitrogen and oxygen atoms in total. The van der Waals surface area contributed by atoms with Gasteiger partial charge in [-0.05, 0) is 39.6 Å². The molecule has 35 heavy (non-hydrogen) atoms. The van der Waals surface area contributed by atoms with E-state index < -0.39 is 5.97 Å². The van der Waals surface area contributed by atoms with Crippen molar-refractivity contribution in [2.75, 3.05) is 13.1 Å². The van der Waals surface area contributed by atoms with Gasteiger partial charge in [-0.15, -0.1) is 0 Å². The van der Waals surface area contributed by atoms with Crippen LogP contribution in [0.2, 0.25) is 0 Å². The Morgan fingerprint density at radius 3 is 2.23 bits per heavy atom. The van der Waals surface area contributed by atoms with Crippen LogP contribution in [-0.2, 0) is 11.3 Å². The maximum Gasteiger partial charge on any atom is 0.309 e. The lowest BCUT2D eigenvalue weighted by atomic mass is 9.95. The Morgan fingerprint density at radius 1 is 0.829 bits per heavy atom. The number of aliphatic carboxylic acids is 1. The molecule has 1 aliphatic rings. The minimum Gasteiger partial charge on any atom is -0.481 e. The number of nitrogens with zero attached hydrogens (tertiary/aromatic N) is 3. The predicted octanol–water partition coefficient (Wildman–Crippen LogP) is 5.74. The molecule has 0 aliphatic carbocycles. The minimum absolute atomic E-state index is 0.264. The number of aromatic nitrogens is 2. The second-order valence-electron chi connectivity index (χ2n) is 8.91. The summed E-state index contributed by atoms with van der Waals surface area (Å²) >= 11 is 0. The molecule has 1 aromatic heterocycles. The lowest BCUT2D eigenvalue weighted by molar-refractivity contribution is -0.147. The molecule has 1 N–H and O–H groups in total. The van der Waals surface area contributed by atoms with E-state index in [1.54, 1.807) is 0 Å². The summed E-state index contributed by atoms with van der Waals surface area (Å²) in [4.78, 5) is 18.0. The second-order valence-corrected chi connectivity index (χ2v) is 8.91. The van der Waals surface area contributed by atoms with Gasteiger partial charge in [0.2, 0.25) is 5.82 Å². The van der Waals surface area contributed by atoms with E-state index in [1.165, 1.54) is 0 Å². The molecule has 2 heterocycles. The summed E-state index contributed by atoms with van der Waals surface area (Å²) in [5.74, 6) is 0.0435. The summed E-state index contributed by atoms with van der Waals surface area (Å²) in [5.41, 5.74) is 5.23. The smallest absolute Gasteiger partial charge is 0.309 e. The van der Waals surface area contributed by atoms with E-state index in [9.17, 15) is 4.79 Å². The van der Waals surface area contributed by atoms with Crippen molar-refractivity contribution in [3.05, 3.63) is 96.6 Å². The van der Waals surface area contributed by atoms with Crippen LogP contribution >= 0.6 is 0 Å². The monoisotopic (exact) mass is 461 g/mol. The highest BCUT2D eigenvalue weighted by Crippen LogP contribution is 2.32. The van der Waals surface area contributed by atoms with Crippen molar-refractivity contribution >= 4 is 16.7 Å². The third-order valence-electron chi connectivity index (χ3n) is 6.62. The average Bonchev–Trinajstić information content (AvgIpc) is 3.36. The number of carbonyl (C=O) groups is 1. The third kappa shape index (κ3) is 4.09. The van der Waals surface area contributed by atoms with Gasteiger partial charge in [-0.3, -0.25) is 9.69 Å². The van der Waals surface area contributed by atoms with Crippen molar-refractivity contribution < 1.29 is 14.4 Å². The zero-order valence-electron chi connectivity index (χ0n) is 19.0. The molecule has 0 spiro atoms. The zero-order valence-corrected chi connectivity index (χ0v) is 19.0. The minimum atomic E-state index is -0.718. The highest BCUT2D eigenvalue weighted by Gasteiger charge is 2.32. The number of carboxylic acid groups (broad SMARTS) is 1. The largest absolute Gasteiger partial charge is 0.481 e. The van der Waals surface area contributed by atoms with Crippen molar-refractivity contribution in [3.8, 4) is 34.0 Å². The molecule has 5 aromatic rings. The first-order chi connectivity index (χ1) is 17.2. The summed E-state index contributed by atoms with van der Waals surface area (Å²) in [6.45, 7) is 1.89. The molecule has 4 aromatic carbocycles. The number of fused-ring (bicyclic) bond motifs is 1. The highest BCUT2D eigenvalue weighted by molar-refractivity contribution is 5.97. The van der Waals surface area contributed by atoms with E-state index in [4.69, 9.17) is 14.6 Å². The quantitative estimate of drug-likeness (QED) is 0.347. The summed E-state index contributed by atoms with van der Waals surface area (Å²) < 4.78 is 5.63. The molecule has 1 saturated heterocycles. The Labute approximate surface area is 202 Å². The first kappa shape index (κ1) is 21.3. The van der Waals surface area contributed by atoms with Crippen LogP contribution in [0.4, 0.5) is 0 Å². The number of likely N-dealkylation sites (tertiary alicyclic amines) is 1. The molecule has 6 heteroatoms. The summed E-state index contributed by atoms with van der Waals surface area (Å²) in [6, 6.07) is 30.6. The van der Waals surface area contributed by atoms with E-state index in [0.717, 1.165) is 45.1 Å². The topological polar surface area (TPSA) is 79.5 Å². The number of rotatable bonds is 6. The standard InChI is InChI=1S/C29H23N3O3/c33-29(34)23-17-32(18-23)16-22-14-15-26(25-9-5-4-8-24(22)25)27-30-28(35-31-27)21-12-10-20(11-13-21)19-6-2-1-3-7-19/h1-15,23H,16-18H2,(H,33,34). The Kier molecular flexibility index (Phi) is 5.35. The lowest BCUT2D eigenvalue weighted by Gasteiger charge is -2.36. The maximum atomic E-state index is 11.1. The molecule has 0 radical (unpaired) electrons. The van der Waals surface area contributed by atoms with E-state index in [-0.39, 0.29) is 5.92 Å². The van der Waals surface area contributed by atoms with Gasteiger partial charge in [0.25, 0.3) is 5.89 Å². The molecule has 6 rings (SSSR count). The van der Waals surface area contributed by atoms with Crippen molar-refractivity contribution in [1.29, 1.82) is 0 Å². The van der Waals surface area contributed by atoms with Gasteiger partial charge in [-0.25, -0.2) is 0 Å². The molecule has 0 unspecified atom stereocenters. The molecule has 0 amide bonds. The fourth-order valence-corrected chi connectivity index (χ4v) is 4.68. The second kappa shape index (κ2) is 8.81. The van der Waals surface area contributed by atoms with Crippen LogP contribution in [0.15, 0.2) is 95.5 Å². The van der Waals surface area contributed by atoms with Gasteiger partial charge in [-0.1, -0.05) is 84.0 Å². The van der Waals surface area contributed by atoms with Crippen LogP contribution in [0.25, 0.3) is 44.7 Å². The van der Waals surface area contributed by atoms with Crippen molar-refractivity contribution in [3.63, 3.8) is 0 Å². The first-order valence-electron chi connectivity index (χ1n) is 11.6. The molecular weight excluding hydrogens is 438 g/mol. The van der Waals surface area contributed by atoms with Gasteiger partial charge in [0.15, 0.2) is 0 Å². The van der Waals surface area contributed by atoms with Crippen LogP contribution in [0.3, 0.4) is 0 Å². The van der Waals surface area contributed by atoms with Gasteiger partial charge in [-0.2, -0.15) is 4.98 Å². The van der Waals surface area contributed by atoms with Gasteiger partial charge in [0.1, 0.15) is 0 Å². The number of benzene rings is 4. The number of hydrogen-bond acceptors (Lipinski definition) is 5. The fourth-order valence-electron chi connectivity index (χ4n) is 4.68. The molecule has 0 saturated carbocycles. The van der Waals surface area contributed by atoms with Crippen molar-refractivity contribution in [2.45, 2.75) is 6.54 Å². The SMILES string of the molecule is O=C(O)C1CN(Cc2ccc(-c3noc(-c4ccc(-c5ccccc5)cc4)n3)c3ccccc23)C1. The Morgan fingerprint density at radius 2 is 1.49 bits per heavy atom. The van der Waals surface area contributed by atoms with E-state index in [1.807, 2.05) is 48.5 Å². The first-order valence-corrected chi connectivity index (χ1v) is 11.6. The van der Waals surface area contributed by atoms with Crippen LogP contribution in [-0.4, -0.2) is 39.2 Å². The molecule has 1 fully saturated rings. The molecule has 172 valence electrons. The predicted molar refractivity (Wildman–Crippen MR) is 135 cm³/mol. The molecule has 0 bridgehead atoms. The van der Waals surface area contributed by atoms with Crippen LogP contribution < -0.4 is 0 Å². The fraction of sp³-hybridized carbons (Fsp3) is 0.138. The van der Waals surface area contributed by atoms with Crippen LogP contribution in [0.1, 0.15) is 5.56 Å². The van der Waals surface area contributed by atoms with E-state index in [2.05, 4.69) is 52.5 Å². The van der Waals surface area contributed by atoms with Gasteiger partial charge < -0.3 is 9.63 Å². The summed E-state index contributed by atoms with van der Waals surface area (Å²) in [7, 11) is 0. The highest BCUT2D eigenvalue weighted by atomic mass is 16.5. The zero-order chi connectivity index (χ0) is 23.8. The molecular formula is C29H23N3O3. The van der Waals surface area contributed by atoms with Crippen molar-refractivity contribution in [1.82, 2.24) is 15.0 Å². The molecule has 1 aliphatic heterocycles. The normalized spacial score (nSPS) is 14.2. The number of hydrogen-bond donors (Lipinski definition) is 1. The van der Waals surface area contributed by atoms with E-state index >= 15 is 0 Å². The molecule has 0 atom stereocenters. The van der Waals surface area contributed by atoms with Gasteiger partial charge in [0, 0.05) is 30.8 Å². The summed E-state index contributed by atoms with van der Waals surface area (Å²) in [6.07, 6.45) is 0. The van der Waals surface area contributed by atoms with Gasteiger partial charge >= 0.3 is 5.97 Å². The van der Waals surface area contributed by atoms with Gasteiger partial charge in [0.05, 0.1) is 5.92 Å². The third-order valence-corrected chi connectivity index (χ3v) is 6.62. The van der Waals surface area contributed by atoms with Crippen molar-refractivity contribution in [2.24, 2.45) is 5.92 Å². The number of carboxylic acids is 1. The summed E-state index contributed by atoms with van der Waals surface area (Å²) in [5, 5.41) is 15.6. The Hall–Kier alpha value is -4.29. The average molecular weight is 462 g/mol. The maximum absolute atomic E-state index is 11.1. The van der Waals surface area contributed by atoms with Crippen LogP contribution in [0, 0.1) is 5.92 Å². The lowest BCUT2D eigenvalue weighted by Crippen LogP contribution is -2.49. The van der Waals surface area contributed by atoms with Crippen LogP contribution in [0.5, 0.6) is 0 Å². The Bertz CT molecular complexity index is 1500. The Balaban J connectivity index is 1.27. The van der Waals surface area contributed by atoms with E-state index in [0.29, 0.717) is 24.8 Å².